The Labute approximate surface area is 295 Å². The number of nitrogens with zero attached hydrogens (tertiary/aromatic N) is 2. The summed E-state index contributed by atoms with van der Waals surface area (Å²) in [5, 5.41) is 6.96. The highest BCUT2D eigenvalue weighted by Gasteiger charge is 2.16. The Balaban J connectivity index is 0.993. The fraction of sp³-hybridized carbons (Fsp3) is 0.0417. The van der Waals surface area contributed by atoms with Crippen molar-refractivity contribution < 1.29 is 4.42 Å². The molecule has 0 fully saturated rings. The second kappa shape index (κ2) is 11.5. The number of rotatable bonds is 4. The summed E-state index contributed by atoms with van der Waals surface area (Å²) in [5.41, 5.74) is 15.2. The molecule has 0 unspecified atom stereocenters. The highest BCUT2D eigenvalue weighted by Crippen LogP contribution is 2.40. The van der Waals surface area contributed by atoms with Gasteiger partial charge in [-0.05, 0) is 75.7 Å². The van der Waals surface area contributed by atoms with Crippen LogP contribution in [-0.4, -0.2) is 9.97 Å². The lowest BCUT2D eigenvalue weighted by Gasteiger charge is -2.14. The third kappa shape index (κ3) is 4.74. The molecule has 0 N–H and O–H groups in total. The summed E-state index contributed by atoms with van der Waals surface area (Å²) in [5.74, 6) is 0. The van der Waals surface area contributed by atoms with Crippen molar-refractivity contribution in [3.05, 3.63) is 169 Å². The summed E-state index contributed by atoms with van der Waals surface area (Å²) in [7, 11) is 0. The van der Waals surface area contributed by atoms with Crippen molar-refractivity contribution in [2.75, 3.05) is 0 Å². The summed E-state index contributed by atoms with van der Waals surface area (Å²) in [4.78, 5) is 10.1. The summed E-state index contributed by atoms with van der Waals surface area (Å²) < 4.78 is 6.39. The predicted octanol–water partition coefficient (Wildman–Crippen LogP) is 13.1. The molecule has 3 nitrogen and oxygen atoms in total. The molecule has 0 bridgehead atoms. The van der Waals surface area contributed by atoms with Crippen LogP contribution >= 0.6 is 0 Å². The fourth-order valence-electron chi connectivity index (χ4n) is 7.84. The van der Waals surface area contributed by atoms with Crippen molar-refractivity contribution in [1.29, 1.82) is 0 Å². The molecule has 10 rings (SSSR count). The summed E-state index contributed by atoms with van der Waals surface area (Å²) >= 11 is 0. The largest absolute Gasteiger partial charge is 0.455 e. The predicted molar refractivity (Wildman–Crippen MR) is 213 cm³/mol. The zero-order valence-electron chi connectivity index (χ0n) is 28.3. The molecular weight excluding hydrogens is 621 g/mol. The van der Waals surface area contributed by atoms with Gasteiger partial charge in [0.15, 0.2) is 0 Å². The van der Waals surface area contributed by atoms with E-state index in [2.05, 4.69) is 153 Å². The van der Waals surface area contributed by atoms with Crippen molar-refractivity contribution in [2.45, 2.75) is 13.8 Å². The van der Waals surface area contributed by atoms with Crippen molar-refractivity contribution in [3.8, 4) is 44.6 Å². The van der Waals surface area contributed by atoms with Gasteiger partial charge in [-0.3, -0.25) is 4.98 Å². The van der Waals surface area contributed by atoms with E-state index < -0.39 is 0 Å². The molecule has 0 atom stereocenters. The Hall–Kier alpha value is -6.58. The van der Waals surface area contributed by atoms with Crippen LogP contribution in [0, 0.1) is 13.8 Å². The second-order valence-electron chi connectivity index (χ2n) is 13.5. The Morgan fingerprint density at radius 2 is 1.00 bits per heavy atom. The monoisotopic (exact) mass is 652 g/mol. The topological polar surface area (TPSA) is 38.9 Å². The molecule has 0 saturated heterocycles. The van der Waals surface area contributed by atoms with Crippen LogP contribution in [0.5, 0.6) is 0 Å². The number of fused-ring (bicyclic) bond motifs is 9. The first-order chi connectivity index (χ1) is 25.1. The zero-order valence-corrected chi connectivity index (χ0v) is 28.3. The van der Waals surface area contributed by atoms with Gasteiger partial charge in [-0.15, -0.1) is 0 Å². The molecule has 8 aromatic carbocycles. The molecule has 0 aliphatic carbocycles. The maximum atomic E-state index is 6.39. The lowest BCUT2D eigenvalue weighted by atomic mass is 9.90. The van der Waals surface area contributed by atoms with E-state index in [4.69, 9.17) is 14.4 Å². The number of hydrogen-bond acceptors (Lipinski definition) is 3. The van der Waals surface area contributed by atoms with Gasteiger partial charge in [0.1, 0.15) is 11.2 Å². The normalized spacial score (nSPS) is 11.7. The highest BCUT2D eigenvalue weighted by atomic mass is 16.3. The molecular formula is C48H32N2O. The first-order valence-electron chi connectivity index (χ1n) is 17.4. The molecule has 240 valence electrons. The smallest absolute Gasteiger partial charge is 0.143 e. The average molecular weight is 653 g/mol. The molecule has 51 heavy (non-hydrogen) atoms. The molecule has 10 aromatic rings. The molecule has 0 aliphatic heterocycles. The van der Waals surface area contributed by atoms with Gasteiger partial charge in [-0.25, -0.2) is 4.98 Å². The van der Waals surface area contributed by atoms with Crippen LogP contribution in [0.2, 0.25) is 0 Å². The lowest BCUT2D eigenvalue weighted by molar-refractivity contribution is 0.670. The van der Waals surface area contributed by atoms with E-state index in [1.807, 2.05) is 18.3 Å². The van der Waals surface area contributed by atoms with Crippen LogP contribution in [-0.2, 0) is 0 Å². The zero-order chi connectivity index (χ0) is 34.1. The SMILES string of the molecule is Cc1cc(-c2cccc3c2oc2ccccc23)c(C)cc1-c1cccc(-c2ccc(-c3cnc4c5ccccc5c5ccccc5c4n3)cc2)c1. The van der Waals surface area contributed by atoms with Gasteiger partial charge >= 0.3 is 0 Å². The van der Waals surface area contributed by atoms with Gasteiger partial charge < -0.3 is 4.42 Å². The van der Waals surface area contributed by atoms with Gasteiger partial charge in [0.05, 0.1) is 22.9 Å². The number of furan rings is 1. The maximum Gasteiger partial charge on any atom is 0.143 e. The number of hydrogen-bond donors (Lipinski definition) is 0. The minimum atomic E-state index is 0.868. The third-order valence-corrected chi connectivity index (χ3v) is 10.4. The lowest BCUT2D eigenvalue weighted by Crippen LogP contribution is -1.92. The molecule has 0 saturated carbocycles. The number of benzene rings is 8. The van der Waals surface area contributed by atoms with E-state index in [1.165, 1.54) is 44.2 Å². The van der Waals surface area contributed by atoms with E-state index in [0.29, 0.717) is 0 Å². The van der Waals surface area contributed by atoms with Gasteiger partial charge in [-0.2, -0.15) is 0 Å². The van der Waals surface area contributed by atoms with Crippen molar-refractivity contribution in [3.63, 3.8) is 0 Å². The molecule has 3 heteroatoms. The van der Waals surface area contributed by atoms with Crippen LogP contribution in [0.3, 0.4) is 0 Å². The van der Waals surface area contributed by atoms with E-state index in [-0.39, 0.29) is 0 Å². The van der Waals surface area contributed by atoms with E-state index in [1.54, 1.807) is 0 Å². The first kappa shape index (κ1) is 29.3. The molecule has 0 spiro atoms. The fourth-order valence-corrected chi connectivity index (χ4v) is 7.84. The molecule has 2 heterocycles. The Morgan fingerprint density at radius 3 is 1.78 bits per heavy atom. The van der Waals surface area contributed by atoms with Gasteiger partial charge in [0, 0.05) is 32.7 Å². The number of aryl methyl sites for hydroxylation is 2. The van der Waals surface area contributed by atoms with E-state index >= 15 is 0 Å². The number of para-hydroxylation sites is 2. The second-order valence-corrected chi connectivity index (χ2v) is 13.5. The van der Waals surface area contributed by atoms with Crippen molar-refractivity contribution in [2.24, 2.45) is 0 Å². The molecule has 0 radical (unpaired) electrons. The Bertz CT molecular complexity index is 2950. The minimum absolute atomic E-state index is 0.868. The van der Waals surface area contributed by atoms with Gasteiger partial charge in [0.2, 0.25) is 0 Å². The van der Waals surface area contributed by atoms with Gasteiger partial charge in [0.25, 0.3) is 0 Å². The van der Waals surface area contributed by atoms with Crippen molar-refractivity contribution in [1.82, 2.24) is 9.97 Å². The quantitative estimate of drug-likeness (QED) is 0.178. The van der Waals surface area contributed by atoms with Gasteiger partial charge in [-0.1, -0.05) is 140 Å². The van der Waals surface area contributed by atoms with Crippen LogP contribution in [0.4, 0.5) is 0 Å². The van der Waals surface area contributed by atoms with Crippen LogP contribution < -0.4 is 0 Å². The first-order valence-corrected chi connectivity index (χ1v) is 17.4. The standard InChI is InChI=1S/C48H32N2O/c1-29-26-43(41-19-10-18-40-37-15-7-8-20-45(37)51-48(40)41)30(2)25-42(29)34-12-9-11-33(27-34)31-21-23-32(24-22-31)44-28-49-46-38-16-5-3-13-35(38)36-14-4-6-17-39(36)47(46)50-44/h3-28H,1-2H3. The van der Waals surface area contributed by atoms with Crippen LogP contribution in [0.25, 0.3) is 99.2 Å². The summed E-state index contributed by atoms with van der Waals surface area (Å²) in [6.07, 6.45) is 1.91. The minimum Gasteiger partial charge on any atom is -0.455 e. The maximum absolute atomic E-state index is 6.39. The highest BCUT2D eigenvalue weighted by molar-refractivity contribution is 6.23. The van der Waals surface area contributed by atoms with E-state index in [0.717, 1.165) is 66.1 Å². The Kier molecular flexibility index (Phi) is 6.62. The average Bonchev–Trinajstić information content (AvgIpc) is 3.58. The van der Waals surface area contributed by atoms with Crippen LogP contribution in [0.15, 0.2) is 162 Å². The van der Waals surface area contributed by atoms with E-state index in [9.17, 15) is 0 Å². The summed E-state index contributed by atoms with van der Waals surface area (Å²) in [6, 6.07) is 53.8. The molecule has 0 aliphatic rings. The van der Waals surface area contributed by atoms with Crippen molar-refractivity contribution >= 4 is 54.5 Å². The summed E-state index contributed by atoms with van der Waals surface area (Å²) in [6.45, 7) is 4.40. The third-order valence-electron chi connectivity index (χ3n) is 10.4. The van der Waals surface area contributed by atoms with Crippen LogP contribution in [0.1, 0.15) is 11.1 Å². The molecule has 2 aromatic heterocycles. The molecule has 0 amide bonds. The number of aromatic nitrogens is 2. The Morgan fingerprint density at radius 1 is 0.412 bits per heavy atom.